The predicted molar refractivity (Wildman–Crippen MR) is 97.4 cm³/mol. The summed E-state index contributed by atoms with van der Waals surface area (Å²) in [7, 11) is 1.79. The van der Waals surface area contributed by atoms with E-state index in [2.05, 4.69) is 10.4 Å². The van der Waals surface area contributed by atoms with Crippen LogP contribution in [-0.4, -0.2) is 27.8 Å². The maximum Gasteiger partial charge on any atom is 0.331 e. The standard InChI is InChI=1S/C18H20ClN3O3/c1-11-17(12(2)22(4)21-11)20-18(24)13(3)25-16(23)10-7-14-5-8-15(19)9-6-14/h5-10,13H,1-4H3,(H,20,24)/b10-7+/t13-/m1/s1. The van der Waals surface area contributed by atoms with Crippen molar-refractivity contribution in [3.63, 3.8) is 0 Å². The highest BCUT2D eigenvalue weighted by atomic mass is 35.5. The minimum absolute atomic E-state index is 0.410. The molecule has 0 bridgehead atoms. The molecule has 25 heavy (non-hydrogen) atoms. The maximum atomic E-state index is 12.2. The Morgan fingerprint density at radius 1 is 1.28 bits per heavy atom. The molecule has 0 saturated heterocycles. The van der Waals surface area contributed by atoms with Gasteiger partial charge in [0.2, 0.25) is 0 Å². The number of nitrogens with zero attached hydrogens (tertiary/aromatic N) is 2. The molecule has 0 aliphatic rings. The van der Waals surface area contributed by atoms with Gasteiger partial charge in [0, 0.05) is 18.1 Å². The number of carbonyl (C=O) groups excluding carboxylic acids is 2. The van der Waals surface area contributed by atoms with E-state index in [1.807, 2.05) is 6.92 Å². The SMILES string of the molecule is Cc1nn(C)c(C)c1NC(=O)[C@@H](C)OC(=O)/C=C/c1ccc(Cl)cc1. The number of esters is 1. The smallest absolute Gasteiger partial charge is 0.331 e. The van der Waals surface area contributed by atoms with E-state index in [1.165, 1.54) is 13.0 Å². The largest absolute Gasteiger partial charge is 0.449 e. The average Bonchev–Trinajstić information content (AvgIpc) is 2.80. The van der Waals surface area contributed by atoms with E-state index in [4.69, 9.17) is 16.3 Å². The number of aryl methyl sites for hydroxylation is 2. The third kappa shape index (κ3) is 4.93. The van der Waals surface area contributed by atoms with Crippen LogP contribution in [0, 0.1) is 13.8 Å². The summed E-state index contributed by atoms with van der Waals surface area (Å²) in [5, 5.41) is 7.59. The molecule has 0 aliphatic carbocycles. The molecule has 132 valence electrons. The third-order valence-electron chi connectivity index (χ3n) is 3.70. The molecule has 0 saturated carbocycles. The van der Waals surface area contributed by atoms with Crippen molar-refractivity contribution in [2.24, 2.45) is 7.05 Å². The lowest BCUT2D eigenvalue weighted by Crippen LogP contribution is -2.29. The molecular formula is C18H20ClN3O3. The van der Waals surface area contributed by atoms with Crippen LogP contribution in [0.2, 0.25) is 5.02 Å². The summed E-state index contributed by atoms with van der Waals surface area (Å²) in [6, 6.07) is 6.99. The summed E-state index contributed by atoms with van der Waals surface area (Å²) in [6.45, 7) is 5.17. The number of hydrogen-bond acceptors (Lipinski definition) is 4. The Morgan fingerprint density at radius 2 is 1.92 bits per heavy atom. The number of rotatable bonds is 5. The first-order chi connectivity index (χ1) is 11.8. The van der Waals surface area contributed by atoms with Gasteiger partial charge in [0.15, 0.2) is 6.10 Å². The molecule has 1 heterocycles. The molecule has 6 nitrogen and oxygen atoms in total. The van der Waals surface area contributed by atoms with Crippen molar-refractivity contribution in [3.8, 4) is 0 Å². The lowest BCUT2D eigenvalue weighted by Gasteiger charge is -2.12. The highest BCUT2D eigenvalue weighted by Gasteiger charge is 2.20. The zero-order valence-electron chi connectivity index (χ0n) is 14.5. The van der Waals surface area contributed by atoms with Gasteiger partial charge in [-0.05, 0) is 44.5 Å². The van der Waals surface area contributed by atoms with E-state index >= 15 is 0 Å². The third-order valence-corrected chi connectivity index (χ3v) is 3.95. The van der Waals surface area contributed by atoms with Crippen LogP contribution in [-0.2, 0) is 21.4 Å². The van der Waals surface area contributed by atoms with Crippen molar-refractivity contribution in [2.75, 3.05) is 5.32 Å². The summed E-state index contributed by atoms with van der Waals surface area (Å²) in [5.74, 6) is -1.01. The Morgan fingerprint density at radius 3 is 2.48 bits per heavy atom. The van der Waals surface area contributed by atoms with Crippen molar-refractivity contribution < 1.29 is 14.3 Å². The molecule has 0 fully saturated rings. The fourth-order valence-electron chi connectivity index (χ4n) is 2.18. The van der Waals surface area contributed by atoms with Crippen molar-refractivity contribution >= 4 is 35.2 Å². The fraction of sp³-hybridized carbons (Fsp3) is 0.278. The second-order valence-corrected chi connectivity index (χ2v) is 6.06. The van der Waals surface area contributed by atoms with Crippen molar-refractivity contribution in [1.82, 2.24) is 9.78 Å². The molecule has 0 unspecified atom stereocenters. The second kappa shape index (κ2) is 7.98. The molecule has 1 aromatic heterocycles. The average molecular weight is 362 g/mol. The van der Waals surface area contributed by atoms with Gasteiger partial charge in [-0.2, -0.15) is 5.10 Å². The van der Waals surface area contributed by atoms with Gasteiger partial charge < -0.3 is 10.1 Å². The van der Waals surface area contributed by atoms with Crippen LogP contribution >= 0.6 is 11.6 Å². The lowest BCUT2D eigenvalue weighted by molar-refractivity contribution is -0.148. The number of nitrogens with one attached hydrogen (secondary N) is 1. The van der Waals surface area contributed by atoms with Crippen LogP contribution in [0.4, 0.5) is 5.69 Å². The van der Waals surface area contributed by atoms with E-state index < -0.39 is 18.0 Å². The summed E-state index contributed by atoms with van der Waals surface area (Å²) in [5.41, 5.74) is 2.97. The van der Waals surface area contributed by atoms with E-state index in [0.717, 1.165) is 11.3 Å². The van der Waals surface area contributed by atoms with Crippen molar-refractivity contribution in [1.29, 1.82) is 0 Å². The van der Waals surface area contributed by atoms with Crippen molar-refractivity contribution in [3.05, 3.63) is 52.3 Å². The van der Waals surface area contributed by atoms with E-state index in [9.17, 15) is 9.59 Å². The van der Waals surface area contributed by atoms with Gasteiger partial charge in [-0.3, -0.25) is 9.48 Å². The summed E-state index contributed by atoms with van der Waals surface area (Å²) < 4.78 is 6.80. The first kappa shape index (κ1) is 18.7. The van der Waals surface area contributed by atoms with Gasteiger partial charge in [0.1, 0.15) is 0 Å². The molecule has 1 amide bonds. The van der Waals surface area contributed by atoms with E-state index in [-0.39, 0.29) is 0 Å². The number of benzene rings is 1. The van der Waals surface area contributed by atoms with Gasteiger partial charge in [-0.1, -0.05) is 23.7 Å². The van der Waals surface area contributed by atoms with Crippen LogP contribution in [0.25, 0.3) is 6.08 Å². The van der Waals surface area contributed by atoms with Gasteiger partial charge >= 0.3 is 5.97 Å². The molecule has 0 aliphatic heterocycles. The van der Waals surface area contributed by atoms with Crippen LogP contribution in [0.3, 0.4) is 0 Å². The minimum Gasteiger partial charge on any atom is -0.449 e. The molecule has 1 atom stereocenters. The molecule has 2 rings (SSSR count). The van der Waals surface area contributed by atoms with E-state index in [0.29, 0.717) is 16.4 Å². The number of ether oxygens (including phenoxy) is 1. The number of aromatic nitrogens is 2. The number of amides is 1. The number of halogens is 1. The van der Waals surface area contributed by atoms with Crippen LogP contribution in [0.15, 0.2) is 30.3 Å². The molecule has 0 radical (unpaired) electrons. The Hall–Kier alpha value is -2.60. The van der Waals surface area contributed by atoms with Crippen LogP contribution in [0.5, 0.6) is 0 Å². The fourth-order valence-corrected chi connectivity index (χ4v) is 2.31. The quantitative estimate of drug-likeness (QED) is 0.655. The Balaban J connectivity index is 1.93. The second-order valence-electron chi connectivity index (χ2n) is 5.62. The van der Waals surface area contributed by atoms with Crippen LogP contribution < -0.4 is 5.32 Å². The van der Waals surface area contributed by atoms with Crippen LogP contribution in [0.1, 0.15) is 23.9 Å². The molecule has 1 aromatic carbocycles. The molecular weight excluding hydrogens is 342 g/mol. The van der Waals surface area contributed by atoms with Gasteiger partial charge in [-0.15, -0.1) is 0 Å². The number of anilines is 1. The first-order valence-electron chi connectivity index (χ1n) is 7.73. The summed E-state index contributed by atoms with van der Waals surface area (Å²) in [4.78, 5) is 24.1. The predicted octanol–water partition coefficient (Wildman–Crippen LogP) is 3.27. The van der Waals surface area contributed by atoms with Crippen molar-refractivity contribution in [2.45, 2.75) is 26.9 Å². The zero-order valence-corrected chi connectivity index (χ0v) is 15.3. The number of hydrogen-bond donors (Lipinski definition) is 1. The highest BCUT2D eigenvalue weighted by Crippen LogP contribution is 2.18. The Kier molecular flexibility index (Phi) is 5.98. The van der Waals surface area contributed by atoms with Gasteiger partial charge in [0.05, 0.1) is 17.1 Å². The normalized spacial score (nSPS) is 12.2. The first-order valence-corrected chi connectivity index (χ1v) is 8.11. The van der Waals surface area contributed by atoms with Gasteiger partial charge in [-0.25, -0.2) is 4.79 Å². The molecule has 1 N–H and O–H groups in total. The summed E-state index contributed by atoms with van der Waals surface area (Å²) >= 11 is 5.80. The monoisotopic (exact) mass is 361 g/mol. The lowest BCUT2D eigenvalue weighted by atomic mass is 10.2. The molecule has 7 heteroatoms. The topological polar surface area (TPSA) is 73.2 Å². The highest BCUT2D eigenvalue weighted by molar-refractivity contribution is 6.30. The van der Waals surface area contributed by atoms with Gasteiger partial charge in [0.25, 0.3) is 5.91 Å². The Labute approximate surface area is 151 Å². The molecule has 0 spiro atoms. The Bertz CT molecular complexity index is 810. The number of carbonyl (C=O) groups is 2. The zero-order chi connectivity index (χ0) is 18.6. The maximum absolute atomic E-state index is 12.2. The minimum atomic E-state index is -0.929. The van der Waals surface area contributed by atoms with E-state index in [1.54, 1.807) is 49.0 Å². The summed E-state index contributed by atoms with van der Waals surface area (Å²) in [6.07, 6.45) is 1.94. The molecule has 2 aromatic rings.